The zero-order valence-corrected chi connectivity index (χ0v) is 17.6. The Morgan fingerprint density at radius 1 is 1.03 bits per heavy atom. The minimum atomic E-state index is -0.936. The molecule has 1 aliphatic heterocycles. The quantitative estimate of drug-likeness (QED) is 0.525. The van der Waals surface area contributed by atoms with E-state index >= 15 is 0 Å². The van der Waals surface area contributed by atoms with Crippen LogP contribution in [-0.2, 0) is 11.4 Å². The molecule has 1 N–H and O–H groups in total. The molecule has 0 aromatic heterocycles. The maximum atomic E-state index is 14.9. The van der Waals surface area contributed by atoms with Crippen molar-refractivity contribution in [3.63, 3.8) is 0 Å². The third-order valence-electron chi connectivity index (χ3n) is 5.84. The van der Waals surface area contributed by atoms with Gasteiger partial charge in [-0.1, -0.05) is 55.0 Å². The van der Waals surface area contributed by atoms with Crippen LogP contribution in [0.5, 0.6) is 5.75 Å². The molecule has 0 radical (unpaired) electrons. The average molecular weight is 437 g/mol. The van der Waals surface area contributed by atoms with Gasteiger partial charge < -0.3 is 9.84 Å². The predicted octanol–water partition coefficient (Wildman–Crippen LogP) is 5.57. The first-order chi connectivity index (χ1) is 15.5. The summed E-state index contributed by atoms with van der Waals surface area (Å²) in [7, 11) is 0. The number of hydrogen-bond donors (Lipinski definition) is 1. The van der Waals surface area contributed by atoms with Gasteiger partial charge in [0.05, 0.1) is 6.04 Å². The van der Waals surface area contributed by atoms with E-state index < -0.39 is 29.7 Å². The van der Waals surface area contributed by atoms with E-state index in [4.69, 9.17) is 4.74 Å². The first-order valence-corrected chi connectivity index (χ1v) is 10.7. The number of halogens is 2. The summed E-state index contributed by atoms with van der Waals surface area (Å²) >= 11 is 0. The number of benzene rings is 3. The van der Waals surface area contributed by atoms with Crippen LogP contribution in [-0.4, -0.2) is 28.6 Å². The Bertz CT molecular complexity index is 1070. The highest BCUT2D eigenvalue weighted by Crippen LogP contribution is 2.37. The Morgan fingerprint density at radius 3 is 2.59 bits per heavy atom. The molecule has 3 aromatic rings. The van der Waals surface area contributed by atoms with E-state index in [0.717, 1.165) is 24.5 Å². The lowest BCUT2D eigenvalue weighted by atomic mass is 9.91. The molecule has 4 rings (SSSR count). The van der Waals surface area contributed by atoms with Crippen molar-refractivity contribution in [2.75, 3.05) is 6.54 Å². The van der Waals surface area contributed by atoms with Crippen molar-refractivity contribution >= 4 is 5.97 Å². The number of nitrogens with zero attached hydrogens (tertiary/aromatic N) is 1. The monoisotopic (exact) mass is 437 g/mol. The highest BCUT2D eigenvalue weighted by molar-refractivity contribution is 5.73. The first-order valence-electron chi connectivity index (χ1n) is 10.7. The lowest BCUT2D eigenvalue weighted by molar-refractivity contribution is -0.145. The summed E-state index contributed by atoms with van der Waals surface area (Å²) in [5.41, 5.74) is 1.97. The maximum Gasteiger partial charge on any atom is 0.320 e. The molecule has 166 valence electrons. The predicted molar refractivity (Wildman–Crippen MR) is 117 cm³/mol. The molecule has 6 heteroatoms. The van der Waals surface area contributed by atoms with E-state index in [-0.39, 0.29) is 5.56 Å². The number of carboxylic acids is 1. The maximum absolute atomic E-state index is 14.9. The number of rotatable bonds is 7. The number of ether oxygens (including phenoxy) is 1. The molecule has 2 atom stereocenters. The molecular weight excluding hydrogens is 412 g/mol. The van der Waals surface area contributed by atoms with Crippen molar-refractivity contribution in [1.82, 2.24) is 4.90 Å². The van der Waals surface area contributed by atoms with E-state index in [9.17, 15) is 18.7 Å². The van der Waals surface area contributed by atoms with Crippen molar-refractivity contribution in [3.05, 3.63) is 101 Å². The van der Waals surface area contributed by atoms with Gasteiger partial charge in [-0.3, -0.25) is 9.69 Å². The lowest BCUT2D eigenvalue weighted by Gasteiger charge is -2.39. The molecule has 0 spiro atoms. The van der Waals surface area contributed by atoms with Crippen LogP contribution in [0.4, 0.5) is 8.78 Å². The fraction of sp³-hybridized carbons (Fsp3) is 0.269. The van der Waals surface area contributed by atoms with Crippen LogP contribution in [0, 0.1) is 11.6 Å². The molecule has 0 bridgehead atoms. The zero-order chi connectivity index (χ0) is 22.5. The van der Waals surface area contributed by atoms with E-state index in [1.54, 1.807) is 4.90 Å². The second kappa shape index (κ2) is 9.92. The first kappa shape index (κ1) is 22.0. The van der Waals surface area contributed by atoms with Gasteiger partial charge >= 0.3 is 5.97 Å². The molecule has 2 unspecified atom stereocenters. The highest BCUT2D eigenvalue weighted by Gasteiger charge is 2.36. The van der Waals surface area contributed by atoms with Crippen LogP contribution in [0.25, 0.3) is 0 Å². The molecule has 0 aliphatic carbocycles. The fourth-order valence-corrected chi connectivity index (χ4v) is 4.32. The summed E-state index contributed by atoms with van der Waals surface area (Å²) in [6.45, 7) is 0.884. The fourth-order valence-electron chi connectivity index (χ4n) is 4.32. The van der Waals surface area contributed by atoms with Crippen molar-refractivity contribution in [3.8, 4) is 5.75 Å². The third-order valence-corrected chi connectivity index (χ3v) is 5.84. The van der Waals surface area contributed by atoms with Gasteiger partial charge in [0.25, 0.3) is 0 Å². The summed E-state index contributed by atoms with van der Waals surface area (Å²) in [5.74, 6) is -1.70. The Balaban J connectivity index is 1.70. The topological polar surface area (TPSA) is 49.8 Å². The molecular formula is C26H25F2NO3. The summed E-state index contributed by atoms with van der Waals surface area (Å²) in [5, 5.41) is 9.81. The standard InChI is InChI=1S/C26H25F2NO3/c27-20-12-13-22(23(28)16-20)25(29-14-5-4-11-24(29)26(30)31)19-9-6-10-21(15-19)32-17-18-7-2-1-3-8-18/h1-3,6-10,12-13,15-16,24-25H,4-5,11,14,17H2,(H,30,31). The number of carbonyl (C=O) groups is 1. The summed E-state index contributed by atoms with van der Waals surface area (Å²) in [6, 6.07) is 19.0. The average Bonchev–Trinajstić information content (AvgIpc) is 2.80. The van der Waals surface area contributed by atoms with Crippen LogP contribution in [0.2, 0.25) is 0 Å². The zero-order valence-electron chi connectivity index (χ0n) is 17.6. The largest absolute Gasteiger partial charge is 0.489 e. The molecule has 32 heavy (non-hydrogen) atoms. The summed E-state index contributed by atoms with van der Waals surface area (Å²) < 4.78 is 34.5. The number of likely N-dealkylation sites (tertiary alicyclic amines) is 1. The Labute approximate surface area is 186 Å². The molecule has 4 nitrogen and oxygen atoms in total. The van der Waals surface area contributed by atoms with Gasteiger partial charge in [0.2, 0.25) is 0 Å². The van der Waals surface area contributed by atoms with E-state index in [2.05, 4.69) is 0 Å². The van der Waals surface area contributed by atoms with Gasteiger partial charge in [-0.05, 0) is 48.7 Å². The number of piperidine rings is 1. The smallest absolute Gasteiger partial charge is 0.320 e. The van der Waals surface area contributed by atoms with Gasteiger partial charge in [-0.15, -0.1) is 0 Å². The van der Waals surface area contributed by atoms with Crippen LogP contribution in [0.3, 0.4) is 0 Å². The molecule has 1 aliphatic rings. The summed E-state index contributed by atoms with van der Waals surface area (Å²) in [4.78, 5) is 13.8. The van der Waals surface area contributed by atoms with Gasteiger partial charge in [0.1, 0.15) is 30.0 Å². The molecule has 3 aromatic carbocycles. The van der Waals surface area contributed by atoms with E-state index in [1.807, 2.05) is 54.6 Å². The third kappa shape index (κ3) is 4.97. The van der Waals surface area contributed by atoms with Crippen molar-refractivity contribution in [1.29, 1.82) is 0 Å². The SMILES string of the molecule is O=C(O)C1CCCCN1C(c1cccc(OCc2ccccc2)c1)c1ccc(F)cc1F. The molecule has 1 saturated heterocycles. The second-order valence-electron chi connectivity index (χ2n) is 8.00. The second-order valence-corrected chi connectivity index (χ2v) is 8.00. The van der Waals surface area contributed by atoms with Crippen molar-refractivity contribution in [2.45, 2.75) is 38.0 Å². The highest BCUT2D eigenvalue weighted by atomic mass is 19.1. The Hall–Kier alpha value is -3.25. The molecule has 1 heterocycles. The normalized spacial score (nSPS) is 17.6. The van der Waals surface area contributed by atoms with Crippen LogP contribution >= 0.6 is 0 Å². The van der Waals surface area contributed by atoms with E-state index in [1.165, 1.54) is 12.1 Å². The molecule has 0 saturated carbocycles. The number of hydrogen-bond acceptors (Lipinski definition) is 3. The number of aliphatic carboxylic acids is 1. The van der Waals surface area contributed by atoms with Gasteiger partial charge in [-0.25, -0.2) is 8.78 Å². The van der Waals surface area contributed by atoms with Crippen LogP contribution < -0.4 is 4.74 Å². The van der Waals surface area contributed by atoms with Crippen molar-refractivity contribution in [2.24, 2.45) is 0 Å². The van der Waals surface area contributed by atoms with Gasteiger partial charge in [0.15, 0.2) is 0 Å². The summed E-state index contributed by atoms with van der Waals surface area (Å²) in [6.07, 6.45) is 2.10. The molecule has 0 amide bonds. The van der Waals surface area contributed by atoms with Crippen LogP contribution in [0.1, 0.15) is 42.0 Å². The minimum absolute atomic E-state index is 0.250. The van der Waals surface area contributed by atoms with Gasteiger partial charge in [0, 0.05) is 11.6 Å². The van der Waals surface area contributed by atoms with E-state index in [0.29, 0.717) is 30.9 Å². The number of carboxylic acid groups (broad SMARTS) is 1. The molecule has 1 fully saturated rings. The minimum Gasteiger partial charge on any atom is -0.489 e. The lowest BCUT2D eigenvalue weighted by Crippen LogP contribution is -2.47. The Kier molecular flexibility index (Phi) is 6.81. The van der Waals surface area contributed by atoms with Crippen molar-refractivity contribution < 1.29 is 23.4 Å². The Morgan fingerprint density at radius 2 is 1.84 bits per heavy atom. The van der Waals surface area contributed by atoms with Crippen LogP contribution in [0.15, 0.2) is 72.8 Å². The van der Waals surface area contributed by atoms with Gasteiger partial charge in [-0.2, -0.15) is 0 Å².